The van der Waals surface area contributed by atoms with Gasteiger partial charge in [0.15, 0.2) is 0 Å². The van der Waals surface area contributed by atoms with Crippen molar-refractivity contribution >= 4 is 18.4 Å². The maximum Gasteiger partial charge on any atom is 0.303 e. The molecule has 1 fully saturated rings. The standard InChI is InChI=1S/C26H35NO4.ClH/c1-30-23-14-12-22(13-15-23)26(21-9-5-4-6-10-21)31-24-16-19-27(20-17-24)18-8-3-2-7-11-25(28)29;/h4-6,9-10,12-15,24,26H,2-3,7-8,11,16-20H2,1H3,(H,28,29);1H. The van der Waals surface area contributed by atoms with Crippen LogP contribution in [0.5, 0.6) is 5.75 Å². The second kappa shape index (κ2) is 14.1. The Bertz CT molecular complexity index is 776. The predicted octanol–water partition coefficient (Wildman–Crippen LogP) is 5.72. The van der Waals surface area contributed by atoms with Crippen molar-refractivity contribution in [1.82, 2.24) is 4.90 Å². The average molecular weight is 462 g/mol. The molecular formula is C26H36ClNO4. The summed E-state index contributed by atoms with van der Waals surface area (Å²) in [5.41, 5.74) is 2.33. The van der Waals surface area contributed by atoms with Gasteiger partial charge < -0.3 is 19.5 Å². The molecule has 1 unspecified atom stereocenters. The van der Waals surface area contributed by atoms with Crippen molar-refractivity contribution in [2.75, 3.05) is 26.7 Å². The van der Waals surface area contributed by atoms with Crippen LogP contribution in [0.25, 0.3) is 0 Å². The van der Waals surface area contributed by atoms with Gasteiger partial charge in [0, 0.05) is 19.5 Å². The molecule has 0 amide bonds. The number of aliphatic carboxylic acids is 1. The van der Waals surface area contributed by atoms with Crippen LogP contribution in [0.4, 0.5) is 0 Å². The fraction of sp³-hybridized carbons (Fsp3) is 0.500. The highest BCUT2D eigenvalue weighted by Crippen LogP contribution is 2.31. The number of carboxylic acids is 1. The van der Waals surface area contributed by atoms with E-state index in [0.29, 0.717) is 6.42 Å². The predicted molar refractivity (Wildman–Crippen MR) is 130 cm³/mol. The molecule has 2 aromatic carbocycles. The molecule has 32 heavy (non-hydrogen) atoms. The average Bonchev–Trinajstić information content (AvgIpc) is 2.81. The molecule has 6 heteroatoms. The van der Waals surface area contributed by atoms with Crippen molar-refractivity contribution in [3.8, 4) is 5.75 Å². The monoisotopic (exact) mass is 461 g/mol. The topological polar surface area (TPSA) is 59.0 Å². The Labute approximate surface area is 198 Å². The number of piperidine rings is 1. The minimum absolute atomic E-state index is 0. The number of unbranched alkanes of at least 4 members (excludes halogenated alkanes) is 3. The molecule has 1 heterocycles. The van der Waals surface area contributed by atoms with Gasteiger partial charge in [0.05, 0.1) is 13.2 Å². The van der Waals surface area contributed by atoms with Gasteiger partial charge in [-0.25, -0.2) is 0 Å². The molecule has 0 radical (unpaired) electrons. The molecule has 2 aromatic rings. The van der Waals surface area contributed by atoms with E-state index in [1.165, 1.54) is 5.56 Å². The third kappa shape index (κ3) is 8.45. The summed E-state index contributed by atoms with van der Waals surface area (Å²) in [5.74, 6) is 0.164. The van der Waals surface area contributed by atoms with Gasteiger partial charge in [-0.3, -0.25) is 4.79 Å². The molecule has 1 atom stereocenters. The quantitative estimate of drug-likeness (QED) is 0.409. The minimum atomic E-state index is -0.689. The fourth-order valence-electron chi connectivity index (χ4n) is 4.18. The number of halogens is 1. The number of nitrogens with zero attached hydrogens (tertiary/aromatic N) is 1. The Hall–Kier alpha value is -2.08. The first kappa shape index (κ1) is 26.2. The van der Waals surface area contributed by atoms with Crippen molar-refractivity contribution in [3.05, 3.63) is 65.7 Å². The second-order valence-corrected chi connectivity index (χ2v) is 8.30. The Morgan fingerprint density at radius 3 is 2.22 bits per heavy atom. The summed E-state index contributed by atoms with van der Waals surface area (Å²) in [4.78, 5) is 13.1. The summed E-state index contributed by atoms with van der Waals surface area (Å²) in [5, 5.41) is 8.70. The second-order valence-electron chi connectivity index (χ2n) is 8.30. The summed E-state index contributed by atoms with van der Waals surface area (Å²) < 4.78 is 12.0. The molecule has 0 saturated carbocycles. The van der Waals surface area contributed by atoms with Crippen molar-refractivity contribution in [2.45, 2.75) is 57.2 Å². The number of hydrogen-bond acceptors (Lipinski definition) is 4. The van der Waals surface area contributed by atoms with E-state index in [1.54, 1.807) is 7.11 Å². The van der Waals surface area contributed by atoms with Crippen molar-refractivity contribution in [1.29, 1.82) is 0 Å². The van der Waals surface area contributed by atoms with E-state index in [9.17, 15) is 4.79 Å². The first-order valence-corrected chi connectivity index (χ1v) is 11.4. The van der Waals surface area contributed by atoms with E-state index in [4.69, 9.17) is 14.6 Å². The van der Waals surface area contributed by atoms with Gasteiger partial charge in [0.1, 0.15) is 11.9 Å². The summed E-state index contributed by atoms with van der Waals surface area (Å²) in [6, 6.07) is 18.6. The zero-order valence-corrected chi connectivity index (χ0v) is 19.8. The zero-order valence-electron chi connectivity index (χ0n) is 18.9. The highest BCUT2D eigenvalue weighted by atomic mass is 35.5. The van der Waals surface area contributed by atoms with Gasteiger partial charge in [0.2, 0.25) is 0 Å². The van der Waals surface area contributed by atoms with Gasteiger partial charge in [-0.1, -0.05) is 55.3 Å². The van der Waals surface area contributed by atoms with Crippen molar-refractivity contribution < 1.29 is 19.4 Å². The van der Waals surface area contributed by atoms with Gasteiger partial charge in [0.25, 0.3) is 0 Å². The molecule has 5 nitrogen and oxygen atoms in total. The lowest BCUT2D eigenvalue weighted by atomic mass is 10.00. The first-order valence-electron chi connectivity index (χ1n) is 11.4. The summed E-state index contributed by atoms with van der Waals surface area (Å²) in [6.45, 7) is 3.22. The molecule has 1 aliphatic rings. The molecular weight excluding hydrogens is 426 g/mol. The van der Waals surface area contributed by atoms with Crippen LogP contribution in [-0.2, 0) is 9.53 Å². The minimum Gasteiger partial charge on any atom is -0.497 e. The van der Waals surface area contributed by atoms with Crippen molar-refractivity contribution in [2.24, 2.45) is 0 Å². The third-order valence-electron chi connectivity index (χ3n) is 6.00. The molecule has 0 spiro atoms. The molecule has 1 saturated heterocycles. The lowest BCUT2D eigenvalue weighted by molar-refractivity contribution is -0.137. The molecule has 0 bridgehead atoms. The molecule has 3 rings (SSSR count). The van der Waals surface area contributed by atoms with E-state index in [-0.39, 0.29) is 24.6 Å². The molecule has 176 valence electrons. The Morgan fingerprint density at radius 2 is 1.59 bits per heavy atom. The van der Waals surface area contributed by atoms with Gasteiger partial charge in [-0.05, 0) is 55.5 Å². The van der Waals surface area contributed by atoms with Crippen LogP contribution < -0.4 is 4.74 Å². The lowest BCUT2D eigenvalue weighted by Crippen LogP contribution is -2.38. The third-order valence-corrected chi connectivity index (χ3v) is 6.00. The smallest absolute Gasteiger partial charge is 0.303 e. The van der Waals surface area contributed by atoms with Crippen LogP contribution in [0.1, 0.15) is 62.2 Å². The zero-order chi connectivity index (χ0) is 21.9. The SMILES string of the molecule is COc1ccc(C(OC2CCN(CCCCCCC(=O)O)CC2)c2ccccc2)cc1.Cl. The Balaban J connectivity index is 0.00000363. The van der Waals surface area contributed by atoms with Gasteiger partial charge in [-0.15, -0.1) is 12.4 Å². The van der Waals surface area contributed by atoms with E-state index in [0.717, 1.165) is 69.5 Å². The van der Waals surface area contributed by atoms with Crippen LogP contribution in [0.3, 0.4) is 0 Å². The van der Waals surface area contributed by atoms with Crippen LogP contribution in [0.15, 0.2) is 54.6 Å². The molecule has 0 aromatic heterocycles. The molecule has 1 N–H and O–H groups in total. The van der Waals surface area contributed by atoms with E-state index in [2.05, 4.69) is 41.3 Å². The first-order chi connectivity index (χ1) is 15.2. The Morgan fingerprint density at radius 1 is 0.969 bits per heavy atom. The maximum absolute atomic E-state index is 10.6. The number of likely N-dealkylation sites (tertiary alicyclic amines) is 1. The highest BCUT2D eigenvalue weighted by molar-refractivity contribution is 5.85. The van der Waals surface area contributed by atoms with Crippen LogP contribution in [-0.4, -0.2) is 48.8 Å². The number of methoxy groups -OCH3 is 1. The van der Waals surface area contributed by atoms with Crippen molar-refractivity contribution in [3.63, 3.8) is 0 Å². The summed E-state index contributed by atoms with van der Waals surface area (Å²) >= 11 is 0. The Kier molecular flexibility index (Phi) is 11.6. The number of rotatable bonds is 12. The number of benzene rings is 2. The number of ether oxygens (including phenoxy) is 2. The maximum atomic E-state index is 10.6. The highest BCUT2D eigenvalue weighted by Gasteiger charge is 2.24. The van der Waals surface area contributed by atoms with Gasteiger partial charge in [-0.2, -0.15) is 0 Å². The number of carboxylic acid groups (broad SMARTS) is 1. The summed E-state index contributed by atoms with van der Waals surface area (Å²) in [6.07, 6.45) is 6.60. The van der Waals surface area contributed by atoms with E-state index >= 15 is 0 Å². The molecule has 0 aliphatic carbocycles. The van der Waals surface area contributed by atoms with Gasteiger partial charge >= 0.3 is 5.97 Å². The molecule has 1 aliphatic heterocycles. The van der Waals surface area contributed by atoms with E-state index < -0.39 is 5.97 Å². The summed E-state index contributed by atoms with van der Waals surface area (Å²) in [7, 11) is 1.68. The normalized spacial score (nSPS) is 15.7. The fourth-order valence-corrected chi connectivity index (χ4v) is 4.18. The van der Waals surface area contributed by atoms with Crippen LogP contribution in [0.2, 0.25) is 0 Å². The number of carbonyl (C=O) groups is 1. The van der Waals surface area contributed by atoms with E-state index in [1.807, 2.05) is 18.2 Å². The van der Waals surface area contributed by atoms with Crippen LogP contribution >= 0.6 is 12.4 Å². The largest absolute Gasteiger partial charge is 0.497 e. The van der Waals surface area contributed by atoms with Crippen LogP contribution in [0, 0.1) is 0 Å². The lowest BCUT2D eigenvalue weighted by Gasteiger charge is -2.34. The number of hydrogen-bond donors (Lipinski definition) is 1.